The zero-order chi connectivity index (χ0) is 18.4. The molecular weight excluding hydrogens is 360 g/mol. The number of benzene rings is 1. The van der Waals surface area contributed by atoms with Crippen LogP contribution in [0.2, 0.25) is 0 Å². The van der Waals surface area contributed by atoms with Crippen LogP contribution in [0.15, 0.2) is 40.5 Å². The first-order valence-electron chi connectivity index (χ1n) is 8.99. The van der Waals surface area contributed by atoms with Gasteiger partial charge in [-0.2, -0.15) is 0 Å². The molecule has 3 aromatic rings. The maximum atomic E-state index is 4.82. The van der Waals surface area contributed by atoms with Gasteiger partial charge in [0.25, 0.3) is 0 Å². The van der Waals surface area contributed by atoms with Crippen LogP contribution in [0.4, 0.5) is 17.3 Å². The van der Waals surface area contributed by atoms with Crippen molar-refractivity contribution in [2.24, 2.45) is 0 Å². The van der Waals surface area contributed by atoms with E-state index in [4.69, 9.17) is 9.97 Å². The predicted molar refractivity (Wildman–Crippen MR) is 106 cm³/mol. The summed E-state index contributed by atoms with van der Waals surface area (Å²) in [6.45, 7) is 7.67. The van der Waals surface area contributed by atoms with Gasteiger partial charge in [0.15, 0.2) is 0 Å². The van der Waals surface area contributed by atoms with Crippen LogP contribution in [0.5, 0.6) is 0 Å². The fraction of sp³-hybridized carbons (Fsp3) is 0.333. The van der Waals surface area contributed by atoms with E-state index in [0.717, 1.165) is 59.5 Å². The molecule has 1 aromatic carbocycles. The molecule has 0 unspecified atom stereocenters. The molecule has 0 aliphatic carbocycles. The second-order valence-electron chi connectivity index (χ2n) is 6.68. The number of aryl methyl sites for hydroxylation is 2. The summed E-state index contributed by atoms with van der Waals surface area (Å²) in [5.41, 5.74) is 6.48. The monoisotopic (exact) mass is 380 g/mol. The van der Waals surface area contributed by atoms with Crippen LogP contribution >= 0.6 is 11.8 Å². The van der Waals surface area contributed by atoms with Crippen molar-refractivity contribution >= 4 is 29.1 Å². The summed E-state index contributed by atoms with van der Waals surface area (Å²) in [4.78, 5) is 14.2. The normalized spacial score (nSPS) is 15.9. The standard InChI is InChI=1S/C18H20N8S/c1-12-15-16(27-18-22-21-13(2)26(18)23-15)20-17(19-12)25-10-8-24(9-11-25)14-6-4-3-5-7-14/h3-7,23H,8-11H2,1-2H3. The van der Waals surface area contributed by atoms with Crippen molar-refractivity contribution in [2.45, 2.75) is 24.0 Å². The summed E-state index contributed by atoms with van der Waals surface area (Å²) in [6, 6.07) is 10.5. The molecule has 1 N–H and O–H groups in total. The Morgan fingerprint density at radius 1 is 0.926 bits per heavy atom. The second kappa shape index (κ2) is 6.41. The lowest BCUT2D eigenvalue weighted by molar-refractivity contribution is 0.635. The lowest BCUT2D eigenvalue weighted by Gasteiger charge is -2.36. The number of aromatic nitrogens is 5. The van der Waals surface area contributed by atoms with Crippen molar-refractivity contribution in [3.63, 3.8) is 0 Å². The number of fused-ring (bicyclic) bond motifs is 2. The Bertz CT molecular complexity index is 979. The average molecular weight is 380 g/mol. The van der Waals surface area contributed by atoms with Crippen LogP contribution in [0.3, 0.4) is 0 Å². The van der Waals surface area contributed by atoms with Gasteiger partial charge in [0, 0.05) is 31.9 Å². The van der Waals surface area contributed by atoms with Crippen LogP contribution in [-0.4, -0.2) is 51.0 Å². The van der Waals surface area contributed by atoms with Crippen LogP contribution in [0.25, 0.3) is 0 Å². The third kappa shape index (κ3) is 2.87. The number of para-hydroxylation sites is 1. The van der Waals surface area contributed by atoms with Gasteiger partial charge in [0.05, 0.1) is 5.69 Å². The third-order valence-corrected chi connectivity index (χ3v) is 5.87. The summed E-state index contributed by atoms with van der Waals surface area (Å²) in [5, 5.41) is 10.0. The fourth-order valence-corrected chi connectivity index (χ4v) is 4.36. The molecule has 0 saturated carbocycles. The lowest BCUT2D eigenvalue weighted by Crippen LogP contribution is -2.47. The number of nitrogens with zero attached hydrogens (tertiary/aromatic N) is 7. The largest absolute Gasteiger partial charge is 0.368 e. The molecule has 9 heteroatoms. The minimum absolute atomic E-state index is 0.790. The minimum Gasteiger partial charge on any atom is -0.368 e. The quantitative estimate of drug-likeness (QED) is 0.531. The Labute approximate surface area is 161 Å². The van der Waals surface area contributed by atoms with Crippen LogP contribution in [-0.2, 0) is 0 Å². The van der Waals surface area contributed by atoms with E-state index >= 15 is 0 Å². The Morgan fingerprint density at radius 2 is 1.67 bits per heavy atom. The van der Waals surface area contributed by atoms with E-state index in [2.05, 4.69) is 55.8 Å². The van der Waals surface area contributed by atoms with Gasteiger partial charge in [-0.3, -0.25) is 5.43 Å². The van der Waals surface area contributed by atoms with Crippen molar-refractivity contribution in [3.05, 3.63) is 41.9 Å². The number of nitrogens with one attached hydrogen (secondary N) is 1. The first kappa shape index (κ1) is 16.4. The number of anilines is 3. The smallest absolute Gasteiger partial charge is 0.226 e. The van der Waals surface area contributed by atoms with Gasteiger partial charge < -0.3 is 9.80 Å². The molecular formula is C18H20N8S. The Morgan fingerprint density at radius 3 is 2.44 bits per heavy atom. The van der Waals surface area contributed by atoms with E-state index in [1.54, 1.807) is 0 Å². The number of hydrogen-bond acceptors (Lipinski definition) is 8. The summed E-state index contributed by atoms with van der Waals surface area (Å²) >= 11 is 1.53. The topological polar surface area (TPSA) is 75.0 Å². The van der Waals surface area contributed by atoms with E-state index in [1.165, 1.54) is 17.4 Å². The maximum Gasteiger partial charge on any atom is 0.226 e. The molecule has 1 saturated heterocycles. The van der Waals surface area contributed by atoms with Gasteiger partial charge in [-0.1, -0.05) is 18.2 Å². The third-order valence-electron chi connectivity index (χ3n) is 4.94. The van der Waals surface area contributed by atoms with Gasteiger partial charge in [-0.05, 0) is 37.7 Å². The SMILES string of the molecule is Cc1nc(N2CCN(c3ccccc3)CC2)nc2c1Nn1c(C)nnc1S2. The first-order chi connectivity index (χ1) is 13.2. The number of rotatable bonds is 2. The maximum absolute atomic E-state index is 4.82. The van der Waals surface area contributed by atoms with E-state index < -0.39 is 0 Å². The molecule has 2 aliphatic heterocycles. The van der Waals surface area contributed by atoms with Crippen molar-refractivity contribution in [1.82, 2.24) is 24.8 Å². The lowest BCUT2D eigenvalue weighted by atomic mass is 10.2. The van der Waals surface area contributed by atoms with Crippen molar-refractivity contribution < 1.29 is 0 Å². The number of piperazine rings is 1. The Kier molecular flexibility index (Phi) is 3.89. The highest BCUT2D eigenvalue weighted by Gasteiger charge is 2.26. The molecule has 138 valence electrons. The average Bonchev–Trinajstić information content (AvgIpc) is 3.07. The zero-order valence-corrected chi connectivity index (χ0v) is 16.1. The molecule has 0 spiro atoms. The molecule has 4 heterocycles. The predicted octanol–water partition coefficient (Wildman–Crippen LogP) is 2.35. The van der Waals surface area contributed by atoms with Gasteiger partial charge in [0.2, 0.25) is 11.1 Å². The van der Waals surface area contributed by atoms with Crippen LogP contribution in [0, 0.1) is 13.8 Å². The second-order valence-corrected chi connectivity index (χ2v) is 7.63. The molecule has 0 atom stereocenters. The molecule has 1 fully saturated rings. The van der Waals surface area contributed by atoms with E-state index in [1.807, 2.05) is 18.5 Å². The van der Waals surface area contributed by atoms with Crippen LogP contribution < -0.4 is 15.2 Å². The van der Waals surface area contributed by atoms with Crippen molar-refractivity contribution in [3.8, 4) is 0 Å². The molecule has 2 aliphatic rings. The fourth-order valence-electron chi connectivity index (χ4n) is 3.42. The van der Waals surface area contributed by atoms with Gasteiger partial charge in [0.1, 0.15) is 16.5 Å². The molecule has 0 radical (unpaired) electrons. The summed E-state index contributed by atoms with van der Waals surface area (Å²) in [5.74, 6) is 1.61. The Hall–Kier alpha value is -2.81. The van der Waals surface area contributed by atoms with Gasteiger partial charge in [-0.15, -0.1) is 10.2 Å². The molecule has 0 bridgehead atoms. The molecule has 0 amide bonds. The molecule has 8 nitrogen and oxygen atoms in total. The van der Waals surface area contributed by atoms with Gasteiger partial charge in [-0.25, -0.2) is 14.6 Å². The zero-order valence-electron chi connectivity index (χ0n) is 15.3. The van der Waals surface area contributed by atoms with Crippen molar-refractivity contribution in [1.29, 1.82) is 0 Å². The van der Waals surface area contributed by atoms with Crippen LogP contribution in [0.1, 0.15) is 11.5 Å². The van der Waals surface area contributed by atoms with E-state index in [0.29, 0.717) is 0 Å². The van der Waals surface area contributed by atoms with E-state index in [9.17, 15) is 0 Å². The number of hydrogen-bond donors (Lipinski definition) is 1. The van der Waals surface area contributed by atoms with Crippen molar-refractivity contribution in [2.75, 3.05) is 41.4 Å². The highest BCUT2D eigenvalue weighted by atomic mass is 32.2. The summed E-state index contributed by atoms with van der Waals surface area (Å²) in [6.07, 6.45) is 0. The highest BCUT2D eigenvalue weighted by molar-refractivity contribution is 7.99. The highest BCUT2D eigenvalue weighted by Crippen LogP contribution is 2.38. The molecule has 27 heavy (non-hydrogen) atoms. The minimum atomic E-state index is 0.790. The van der Waals surface area contributed by atoms with E-state index in [-0.39, 0.29) is 0 Å². The summed E-state index contributed by atoms with van der Waals surface area (Å²) < 4.78 is 1.88. The Balaban J connectivity index is 1.36. The first-order valence-corrected chi connectivity index (χ1v) is 9.81. The molecule has 2 aromatic heterocycles. The van der Waals surface area contributed by atoms with Gasteiger partial charge >= 0.3 is 0 Å². The molecule has 5 rings (SSSR count). The summed E-state index contributed by atoms with van der Waals surface area (Å²) in [7, 11) is 0.